The van der Waals surface area contributed by atoms with Gasteiger partial charge in [0.25, 0.3) is 5.69 Å². The van der Waals surface area contributed by atoms with Crippen LogP contribution in [-0.4, -0.2) is 29.5 Å². The normalized spacial score (nSPS) is 16.1. The maximum atomic E-state index is 11.0. The third-order valence-electron chi connectivity index (χ3n) is 4.44. The molecule has 0 saturated heterocycles. The summed E-state index contributed by atoms with van der Waals surface area (Å²) in [5, 5.41) is 14.1. The number of rotatable bonds is 6. The van der Waals surface area contributed by atoms with Crippen molar-refractivity contribution in [3.05, 3.63) is 33.9 Å². The van der Waals surface area contributed by atoms with Crippen molar-refractivity contribution in [1.29, 1.82) is 0 Å². The Morgan fingerprint density at radius 1 is 1.33 bits per heavy atom. The minimum atomic E-state index is -0.320. The van der Waals surface area contributed by atoms with Gasteiger partial charge in [-0.15, -0.1) is 0 Å². The maximum Gasteiger partial charge on any atom is 0.269 e. The lowest BCUT2D eigenvalue weighted by atomic mass is 9.93. The van der Waals surface area contributed by atoms with Gasteiger partial charge in [0.1, 0.15) is 0 Å². The molecule has 5 heteroatoms. The zero-order valence-corrected chi connectivity index (χ0v) is 13.0. The average Bonchev–Trinajstić information content (AvgIpc) is 2.53. The van der Waals surface area contributed by atoms with Gasteiger partial charge in [0.15, 0.2) is 0 Å². The molecular formula is C16H25N3O2. The van der Waals surface area contributed by atoms with Crippen LogP contribution in [0, 0.1) is 10.1 Å². The van der Waals surface area contributed by atoms with Gasteiger partial charge < -0.3 is 5.32 Å². The van der Waals surface area contributed by atoms with Gasteiger partial charge in [0.2, 0.25) is 0 Å². The number of nitro benzene ring substituents is 1. The molecule has 0 spiro atoms. The number of nitrogens with zero attached hydrogens (tertiary/aromatic N) is 2. The highest BCUT2D eigenvalue weighted by molar-refractivity contribution is 5.55. The van der Waals surface area contributed by atoms with E-state index in [-0.39, 0.29) is 10.6 Å². The van der Waals surface area contributed by atoms with Crippen molar-refractivity contribution in [3.8, 4) is 0 Å². The van der Waals surface area contributed by atoms with Gasteiger partial charge in [-0.05, 0) is 31.0 Å². The summed E-state index contributed by atoms with van der Waals surface area (Å²) < 4.78 is 0. The second-order valence-corrected chi connectivity index (χ2v) is 5.70. The fourth-order valence-electron chi connectivity index (χ4n) is 3.23. The van der Waals surface area contributed by atoms with Crippen LogP contribution in [0.25, 0.3) is 0 Å². The van der Waals surface area contributed by atoms with Crippen molar-refractivity contribution in [2.24, 2.45) is 0 Å². The molecule has 0 aliphatic heterocycles. The molecular weight excluding hydrogens is 266 g/mol. The highest BCUT2D eigenvalue weighted by Gasteiger charge is 2.21. The minimum absolute atomic E-state index is 0.170. The lowest BCUT2D eigenvalue weighted by Gasteiger charge is -2.34. The number of hydrogen-bond acceptors (Lipinski definition) is 4. The topological polar surface area (TPSA) is 58.4 Å². The van der Waals surface area contributed by atoms with Crippen LogP contribution >= 0.6 is 0 Å². The van der Waals surface area contributed by atoms with Crippen LogP contribution in [0.1, 0.15) is 44.6 Å². The Hall–Kier alpha value is -1.62. The Morgan fingerprint density at radius 2 is 2.05 bits per heavy atom. The summed E-state index contributed by atoms with van der Waals surface area (Å²) >= 11 is 0. The van der Waals surface area contributed by atoms with Gasteiger partial charge in [-0.2, -0.15) is 0 Å². The Kier molecular flexibility index (Phi) is 5.56. The first kappa shape index (κ1) is 15.8. The Morgan fingerprint density at radius 3 is 2.62 bits per heavy atom. The largest absolute Gasteiger partial charge is 0.388 e. The van der Waals surface area contributed by atoms with Crippen molar-refractivity contribution in [2.75, 3.05) is 18.9 Å². The molecule has 0 aromatic heterocycles. The van der Waals surface area contributed by atoms with E-state index < -0.39 is 0 Å². The lowest BCUT2D eigenvalue weighted by Crippen LogP contribution is -2.36. The Labute approximate surface area is 126 Å². The van der Waals surface area contributed by atoms with Gasteiger partial charge in [0.05, 0.1) is 4.92 Å². The van der Waals surface area contributed by atoms with Gasteiger partial charge in [-0.1, -0.05) is 26.2 Å². The van der Waals surface area contributed by atoms with Crippen LogP contribution in [0.2, 0.25) is 0 Å². The predicted molar refractivity (Wildman–Crippen MR) is 85.6 cm³/mol. The number of nitro groups is 1. The highest BCUT2D eigenvalue weighted by atomic mass is 16.6. The zero-order chi connectivity index (χ0) is 15.2. The monoisotopic (exact) mass is 291 g/mol. The Bertz CT molecular complexity index is 484. The molecule has 0 unspecified atom stereocenters. The summed E-state index contributed by atoms with van der Waals surface area (Å²) in [6.45, 7) is 3.93. The molecule has 1 saturated carbocycles. The van der Waals surface area contributed by atoms with E-state index in [1.54, 1.807) is 12.1 Å². The molecule has 1 aliphatic rings. The number of nitrogens with one attached hydrogen (secondary N) is 1. The molecule has 0 heterocycles. The lowest BCUT2D eigenvalue weighted by molar-refractivity contribution is -0.384. The van der Waals surface area contributed by atoms with Gasteiger partial charge in [-0.25, -0.2) is 0 Å². The molecule has 1 N–H and O–H groups in total. The van der Waals surface area contributed by atoms with Gasteiger partial charge in [0, 0.05) is 37.5 Å². The number of hydrogen-bond donors (Lipinski definition) is 1. The minimum Gasteiger partial charge on any atom is -0.388 e. The van der Waals surface area contributed by atoms with Crippen LogP contribution in [-0.2, 0) is 6.54 Å². The molecule has 2 rings (SSSR count). The molecule has 0 amide bonds. The average molecular weight is 291 g/mol. The van der Waals surface area contributed by atoms with Crippen LogP contribution in [0.5, 0.6) is 0 Å². The molecule has 1 aromatic carbocycles. The molecule has 21 heavy (non-hydrogen) atoms. The van der Waals surface area contributed by atoms with Crippen molar-refractivity contribution >= 4 is 11.4 Å². The van der Waals surface area contributed by atoms with Crippen molar-refractivity contribution in [3.63, 3.8) is 0 Å². The molecule has 1 aliphatic carbocycles. The second kappa shape index (κ2) is 7.41. The van der Waals surface area contributed by atoms with E-state index in [2.05, 4.69) is 17.1 Å². The van der Waals surface area contributed by atoms with E-state index in [0.29, 0.717) is 6.04 Å². The summed E-state index contributed by atoms with van der Waals surface area (Å²) in [6.07, 6.45) is 6.44. The van der Waals surface area contributed by atoms with Crippen molar-refractivity contribution < 1.29 is 4.92 Å². The zero-order valence-electron chi connectivity index (χ0n) is 13.0. The van der Waals surface area contributed by atoms with E-state index in [1.165, 1.54) is 32.1 Å². The molecule has 0 atom stereocenters. The first-order valence-corrected chi connectivity index (χ1v) is 7.84. The maximum absolute atomic E-state index is 11.0. The SMILES string of the molecule is CCN(Cc1cc([N+](=O)[O-])ccc1NC)C1CCCCC1. The summed E-state index contributed by atoms with van der Waals surface area (Å²) in [7, 11) is 1.86. The van der Waals surface area contributed by atoms with E-state index in [9.17, 15) is 10.1 Å². The van der Waals surface area contributed by atoms with Crippen molar-refractivity contribution in [1.82, 2.24) is 4.90 Å². The van der Waals surface area contributed by atoms with Crippen LogP contribution < -0.4 is 5.32 Å². The van der Waals surface area contributed by atoms with Gasteiger partial charge >= 0.3 is 0 Å². The fourth-order valence-corrected chi connectivity index (χ4v) is 3.23. The number of non-ortho nitro benzene ring substituents is 1. The standard InChI is InChI=1S/C16H25N3O2/c1-3-18(14-7-5-4-6-8-14)12-13-11-15(19(20)21)9-10-16(13)17-2/h9-11,14,17H,3-8,12H2,1-2H3. The van der Waals surface area contributed by atoms with Gasteiger partial charge in [-0.3, -0.25) is 15.0 Å². The second-order valence-electron chi connectivity index (χ2n) is 5.70. The molecule has 1 aromatic rings. The summed E-state index contributed by atoms with van der Waals surface area (Å²) in [5.74, 6) is 0. The van der Waals surface area contributed by atoms with Crippen LogP contribution in [0.15, 0.2) is 18.2 Å². The van der Waals surface area contributed by atoms with E-state index in [0.717, 1.165) is 24.3 Å². The quantitative estimate of drug-likeness (QED) is 0.640. The fraction of sp³-hybridized carbons (Fsp3) is 0.625. The molecule has 1 fully saturated rings. The molecule has 116 valence electrons. The summed E-state index contributed by atoms with van der Waals surface area (Å²) in [5.41, 5.74) is 2.16. The third-order valence-corrected chi connectivity index (χ3v) is 4.44. The van der Waals surface area contributed by atoms with Crippen LogP contribution in [0.4, 0.5) is 11.4 Å². The van der Waals surface area contributed by atoms with E-state index in [4.69, 9.17) is 0 Å². The number of anilines is 1. The smallest absolute Gasteiger partial charge is 0.269 e. The van der Waals surface area contributed by atoms with E-state index >= 15 is 0 Å². The number of benzene rings is 1. The Balaban J connectivity index is 2.18. The van der Waals surface area contributed by atoms with Crippen LogP contribution in [0.3, 0.4) is 0 Å². The summed E-state index contributed by atoms with van der Waals surface area (Å²) in [4.78, 5) is 13.1. The summed E-state index contributed by atoms with van der Waals surface area (Å²) in [6, 6.07) is 5.69. The third kappa shape index (κ3) is 3.94. The highest BCUT2D eigenvalue weighted by Crippen LogP contribution is 2.27. The predicted octanol–water partition coefficient (Wildman–Crippen LogP) is 3.79. The first-order chi connectivity index (χ1) is 10.2. The first-order valence-electron chi connectivity index (χ1n) is 7.84. The molecule has 0 bridgehead atoms. The van der Waals surface area contributed by atoms with E-state index in [1.807, 2.05) is 13.1 Å². The van der Waals surface area contributed by atoms with Crippen molar-refractivity contribution in [2.45, 2.75) is 51.6 Å². The molecule has 0 radical (unpaired) electrons. The molecule has 5 nitrogen and oxygen atoms in total.